The summed E-state index contributed by atoms with van der Waals surface area (Å²) in [4.78, 5) is 22.4. The number of halogens is 2. The fraction of sp³-hybridized carbons (Fsp3) is 0. The molecule has 0 fully saturated rings. The minimum Gasteiger partial charge on any atom is -0.423 e. The molecule has 2 rings (SSSR count). The lowest BCUT2D eigenvalue weighted by molar-refractivity contribution is -0.383. The largest absolute Gasteiger partial charge is 0.491 e. The van der Waals surface area contributed by atoms with Gasteiger partial charge in [0.1, 0.15) is 11.5 Å². The van der Waals surface area contributed by atoms with Crippen molar-refractivity contribution < 1.29 is 24.2 Å². The maximum absolute atomic E-state index is 13.4. The average molecular weight is 338 g/mol. The van der Waals surface area contributed by atoms with E-state index in [2.05, 4.69) is 5.32 Å². The predicted octanol–water partition coefficient (Wildman–Crippen LogP) is 1.32. The monoisotopic (exact) mass is 338 g/mol. The molecule has 0 saturated heterocycles. The molecular weight excluding hydrogens is 329 g/mol. The number of carbonyl (C=O) groups excluding carboxylic acids is 1. The van der Waals surface area contributed by atoms with E-state index in [1.807, 2.05) is 0 Å². The van der Waals surface area contributed by atoms with Crippen molar-refractivity contribution >= 4 is 41.5 Å². The Morgan fingerprint density at radius 2 is 1.96 bits per heavy atom. The van der Waals surface area contributed by atoms with Crippen LogP contribution in [0.5, 0.6) is 0 Å². The van der Waals surface area contributed by atoms with Crippen molar-refractivity contribution in [3.8, 4) is 0 Å². The second-order valence-electron chi connectivity index (χ2n) is 4.48. The molecule has 0 saturated carbocycles. The van der Waals surface area contributed by atoms with E-state index in [0.29, 0.717) is 0 Å². The molecule has 0 aromatic heterocycles. The minimum atomic E-state index is -2.09. The Labute approximate surface area is 134 Å². The normalized spacial score (nSPS) is 10.3. The van der Waals surface area contributed by atoms with Gasteiger partial charge >= 0.3 is 7.12 Å². The molecule has 0 unspecified atom stereocenters. The summed E-state index contributed by atoms with van der Waals surface area (Å²) in [6.45, 7) is 0. The van der Waals surface area contributed by atoms with Crippen LogP contribution >= 0.6 is 11.6 Å². The van der Waals surface area contributed by atoms with E-state index < -0.39 is 34.9 Å². The lowest BCUT2D eigenvalue weighted by Gasteiger charge is -2.08. The maximum Gasteiger partial charge on any atom is 0.491 e. The highest BCUT2D eigenvalue weighted by Gasteiger charge is 2.21. The van der Waals surface area contributed by atoms with E-state index in [-0.39, 0.29) is 16.3 Å². The Kier molecular flexibility index (Phi) is 4.94. The molecule has 0 heterocycles. The lowest BCUT2D eigenvalue weighted by atomic mass is 9.79. The van der Waals surface area contributed by atoms with Gasteiger partial charge in [0.05, 0.1) is 4.92 Å². The molecule has 118 valence electrons. The number of benzene rings is 2. The summed E-state index contributed by atoms with van der Waals surface area (Å²) in [5.74, 6) is -1.67. The first-order chi connectivity index (χ1) is 10.8. The minimum absolute atomic E-state index is 0.0974. The molecule has 0 spiro atoms. The van der Waals surface area contributed by atoms with Gasteiger partial charge in [-0.3, -0.25) is 14.9 Å². The van der Waals surface area contributed by atoms with E-state index in [9.17, 15) is 19.3 Å². The van der Waals surface area contributed by atoms with Crippen molar-refractivity contribution in [2.45, 2.75) is 0 Å². The van der Waals surface area contributed by atoms with Crippen molar-refractivity contribution in [3.05, 3.63) is 62.9 Å². The van der Waals surface area contributed by atoms with E-state index in [0.717, 1.165) is 24.3 Å². The Hall–Kier alpha value is -2.49. The van der Waals surface area contributed by atoms with Crippen molar-refractivity contribution in [3.63, 3.8) is 0 Å². The SMILES string of the molecule is O=C(Nc1ccc(Cl)cc1[N+](=O)[O-])c1ccc(F)c(B(O)O)c1. The number of nitro benzene ring substituents is 1. The number of nitro groups is 1. The molecule has 2 aromatic carbocycles. The fourth-order valence-corrected chi connectivity index (χ4v) is 2.01. The highest BCUT2D eigenvalue weighted by molar-refractivity contribution is 6.58. The first kappa shape index (κ1) is 16.9. The van der Waals surface area contributed by atoms with Crippen molar-refractivity contribution in [1.29, 1.82) is 0 Å². The Bertz CT molecular complexity index is 787. The lowest BCUT2D eigenvalue weighted by Crippen LogP contribution is -2.33. The van der Waals surface area contributed by atoms with Gasteiger partial charge in [-0.25, -0.2) is 4.39 Å². The highest BCUT2D eigenvalue weighted by atomic mass is 35.5. The Morgan fingerprint density at radius 3 is 2.57 bits per heavy atom. The molecule has 0 aliphatic carbocycles. The molecular formula is C13H9BClFN2O5. The van der Waals surface area contributed by atoms with Crippen LogP contribution in [0.4, 0.5) is 15.8 Å². The summed E-state index contributed by atoms with van der Waals surface area (Å²) in [5, 5.41) is 31.4. The number of anilines is 1. The molecule has 0 aliphatic rings. The smallest absolute Gasteiger partial charge is 0.423 e. The van der Waals surface area contributed by atoms with Gasteiger partial charge in [0, 0.05) is 22.1 Å². The first-order valence-electron chi connectivity index (χ1n) is 6.20. The van der Waals surface area contributed by atoms with E-state index >= 15 is 0 Å². The van der Waals surface area contributed by atoms with Crippen LogP contribution in [0.3, 0.4) is 0 Å². The molecule has 10 heteroatoms. The zero-order chi connectivity index (χ0) is 17.1. The number of hydrogen-bond donors (Lipinski definition) is 3. The summed E-state index contributed by atoms with van der Waals surface area (Å²) in [6, 6.07) is 6.63. The van der Waals surface area contributed by atoms with Gasteiger partial charge in [0.25, 0.3) is 11.6 Å². The maximum atomic E-state index is 13.4. The molecule has 7 nitrogen and oxygen atoms in total. The van der Waals surface area contributed by atoms with Crippen LogP contribution in [-0.2, 0) is 0 Å². The van der Waals surface area contributed by atoms with Crippen LogP contribution in [0, 0.1) is 15.9 Å². The van der Waals surface area contributed by atoms with E-state index in [4.69, 9.17) is 21.6 Å². The first-order valence-corrected chi connectivity index (χ1v) is 6.58. The fourth-order valence-electron chi connectivity index (χ4n) is 1.84. The van der Waals surface area contributed by atoms with Crippen molar-refractivity contribution in [1.82, 2.24) is 0 Å². The van der Waals surface area contributed by atoms with Gasteiger partial charge < -0.3 is 15.4 Å². The van der Waals surface area contributed by atoms with Crippen LogP contribution in [0.15, 0.2) is 36.4 Å². The number of amides is 1. The predicted molar refractivity (Wildman–Crippen MR) is 82.3 cm³/mol. The number of carbonyl (C=O) groups is 1. The third-order valence-corrected chi connectivity index (χ3v) is 3.18. The van der Waals surface area contributed by atoms with Crippen LogP contribution in [-0.4, -0.2) is 28.0 Å². The number of nitrogens with zero attached hydrogens (tertiary/aromatic N) is 1. The van der Waals surface area contributed by atoms with Crippen LogP contribution in [0.1, 0.15) is 10.4 Å². The third-order valence-electron chi connectivity index (χ3n) is 2.94. The molecule has 3 N–H and O–H groups in total. The van der Waals surface area contributed by atoms with Gasteiger partial charge in [-0.1, -0.05) is 11.6 Å². The van der Waals surface area contributed by atoms with Crippen LogP contribution in [0.25, 0.3) is 0 Å². The molecule has 0 aliphatic heterocycles. The second kappa shape index (κ2) is 6.74. The van der Waals surface area contributed by atoms with Gasteiger partial charge in [-0.05, 0) is 30.3 Å². The molecule has 0 atom stereocenters. The summed E-state index contributed by atoms with van der Waals surface area (Å²) < 4.78 is 13.4. The molecule has 0 radical (unpaired) electrons. The molecule has 1 amide bonds. The van der Waals surface area contributed by atoms with Gasteiger partial charge in [-0.2, -0.15) is 0 Å². The standard InChI is InChI=1S/C13H9BClFN2O5/c15-8-2-4-11(12(6-8)18(22)23)17-13(19)7-1-3-10(16)9(5-7)14(20)21/h1-6,20-21H,(H,17,19). The zero-order valence-electron chi connectivity index (χ0n) is 11.4. The van der Waals surface area contributed by atoms with Crippen LogP contribution < -0.4 is 10.8 Å². The zero-order valence-corrected chi connectivity index (χ0v) is 12.1. The quantitative estimate of drug-likeness (QED) is 0.442. The van der Waals surface area contributed by atoms with E-state index in [1.165, 1.54) is 12.1 Å². The van der Waals surface area contributed by atoms with Gasteiger partial charge in [-0.15, -0.1) is 0 Å². The number of hydrogen-bond acceptors (Lipinski definition) is 5. The average Bonchev–Trinajstić information content (AvgIpc) is 2.48. The van der Waals surface area contributed by atoms with Crippen LogP contribution in [0.2, 0.25) is 5.02 Å². The summed E-state index contributed by atoms with van der Waals surface area (Å²) >= 11 is 5.67. The van der Waals surface area contributed by atoms with Crippen molar-refractivity contribution in [2.24, 2.45) is 0 Å². The topological polar surface area (TPSA) is 113 Å². The number of nitrogens with one attached hydrogen (secondary N) is 1. The Morgan fingerprint density at radius 1 is 1.26 bits per heavy atom. The molecule has 23 heavy (non-hydrogen) atoms. The summed E-state index contributed by atoms with van der Waals surface area (Å²) in [6.07, 6.45) is 0. The Balaban J connectivity index is 2.33. The summed E-state index contributed by atoms with van der Waals surface area (Å²) in [5.41, 5.74) is -1.09. The molecule has 0 bridgehead atoms. The van der Waals surface area contributed by atoms with Gasteiger partial charge in [0.2, 0.25) is 0 Å². The van der Waals surface area contributed by atoms with E-state index in [1.54, 1.807) is 0 Å². The van der Waals surface area contributed by atoms with Gasteiger partial charge in [0.15, 0.2) is 0 Å². The number of rotatable bonds is 4. The highest BCUT2D eigenvalue weighted by Crippen LogP contribution is 2.28. The molecule has 2 aromatic rings. The summed E-state index contributed by atoms with van der Waals surface area (Å²) in [7, 11) is -2.09. The second-order valence-corrected chi connectivity index (χ2v) is 4.92. The third kappa shape index (κ3) is 3.83. The van der Waals surface area contributed by atoms with Crippen molar-refractivity contribution in [2.75, 3.05) is 5.32 Å².